The van der Waals surface area contributed by atoms with Crippen LogP contribution in [0.1, 0.15) is 23.6 Å². The fraction of sp³-hybridized carbons (Fsp3) is 0.263. The largest absolute Gasteiger partial charge is 0.508 e. The molecule has 2 atom stereocenters. The normalized spacial score (nSPS) is 19.9. The lowest BCUT2D eigenvalue weighted by Crippen LogP contribution is -2.39. The first-order valence-electron chi connectivity index (χ1n) is 8.02. The van der Waals surface area contributed by atoms with E-state index in [1.807, 2.05) is 0 Å². The van der Waals surface area contributed by atoms with Gasteiger partial charge in [-0.3, -0.25) is 9.59 Å². The Labute approximate surface area is 145 Å². The zero-order valence-corrected chi connectivity index (χ0v) is 13.8. The lowest BCUT2D eigenvalue weighted by Gasteiger charge is -2.26. The molecule has 0 aromatic heterocycles. The molecule has 25 heavy (non-hydrogen) atoms. The summed E-state index contributed by atoms with van der Waals surface area (Å²) in [5.41, 5.74) is 1.46. The molecule has 1 heterocycles. The minimum absolute atomic E-state index is 0.0722. The summed E-state index contributed by atoms with van der Waals surface area (Å²) in [6.45, 7) is 0. The van der Waals surface area contributed by atoms with Crippen LogP contribution in [-0.2, 0) is 16.0 Å². The van der Waals surface area contributed by atoms with Crippen molar-refractivity contribution in [2.45, 2.75) is 24.9 Å². The molecule has 2 N–H and O–H groups in total. The molecular formula is C19H19FN2O3. The summed E-state index contributed by atoms with van der Waals surface area (Å²) in [5.74, 6) is -0.548. The summed E-state index contributed by atoms with van der Waals surface area (Å²) in [6, 6.07) is 11.7. The maximum atomic E-state index is 13.2. The number of halogens is 1. The van der Waals surface area contributed by atoms with Gasteiger partial charge < -0.3 is 15.3 Å². The molecule has 0 unspecified atom stereocenters. The van der Waals surface area contributed by atoms with Gasteiger partial charge in [0.05, 0.1) is 18.5 Å². The number of nitrogens with one attached hydrogen (secondary N) is 1. The maximum Gasteiger partial charge on any atom is 0.225 e. The van der Waals surface area contributed by atoms with E-state index in [2.05, 4.69) is 5.32 Å². The van der Waals surface area contributed by atoms with Crippen LogP contribution >= 0.6 is 0 Å². The number of phenolic OH excluding ortho intramolecular Hbond substituents is 1. The van der Waals surface area contributed by atoms with Crippen LogP contribution in [0.2, 0.25) is 0 Å². The van der Waals surface area contributed by atoms with Crippen molar-refractivity contribution in [3.05, 3.63) is 65.5 Å². The summed E-state index contributed by atoms with van der Waals surface area (Å²) in [6.07, 6.45) is 0.309. The van der Waals surface area contributed by atoms with Crippen LogP contribution in [0.15, 0.2) is 48.5 Å². The SMILES string of the molecule is CN1C(=O)C[C@H](NC(=O)Cc2cccc(O)c2)[C@@H]1c1ccc(F)cc1. The number of benzene rings is 2. The molecule has 0 radical (unpaired) electrons. The first-order chi connectivity index (χ1) is 11.9. The van der Waals surface area contributed by atoms with Gasteiger partial charge in [-0.15, -0.1) is 0 Å². The summed E-state index contributed by atoms with van der Waals surface area (Å²) in [4.78, 5) is 26.0. The van der Waals surface area contributed by atoms with Gasteiger partial charge >= 0.3 is 0 Å². The molecule has 130 valence electrons. The van der Waals surface area contributed by atoms with Crippen LogP contribution < -0.4 is 5.32 Å². The molecule has 0 saturated carbocycles. The molecule has 1 saturated heterocycles. The number of carbonyl (C=O) groups excluding carboxylic acids is 2. The molecule has 2 aromatic rings. The van der Waals surface area contributed by atoms with Crippen LogP contribution in [0.25, 0.3) is 0 Å². The van der Waals surface area contributed by atoms with E-state index in [4.69, 9.17) is 0 Å². The zero-order valence-electron chi connectivity index (χ0n) is 13.8. The monoisotopic (exact) mass is 342 g/mol. The van der Waals surface area contributed by atoms with Gasteiger partial charge in [-0.25, -0.2) is 4.39 Å². The van der Waals surface area contributed by atoms with E-state index in [-0.39, 0.29) is 48.3 Å². The molecule has 2 amide bonds. The molecule has 5 nitrogen and oxygen atoms in total. The Hall–Kier alpha value is -2.89. The second kappa shape index (κ2) is 6.93. The Morgan fingerprint density at radius 1 is 1.28 bits per heavy atom. The van der Waals surface area contributed by atoms with E-state index in [9.17, 15) is 19.1 Å². The van der Waals surface area contributed by atoms with Crippen molar-refractivity contribution in [3.63, 3.8) is 0 Å². The van der Waals surface area contributed by atoms with E-state index in [0.717, 1.165) is 5.56 Å². The molecule has 0 aliphatic carbocycles. The van der Waals surface area contributed by atoms with Gasteiger partial charge in [0.1, 0.15) is 11.6 Å². The second-order valence-corrected chi connectivity index (χ2v) is 6.23. The van der Waals surface area contributed by atoms with E-state index in [1.54, 1.807) is 36.2 Å². The number of hydrogen-bond acceptors (Lipinski definition) is 3. The quantitative estimate of drug-likeness (QED) is 0.895. The Balaban J connectivity index is 1.74. The van der Waals surface area contributed by atoms with Crippen molar-refractivity contribution in [3.8, 4) is 5.75 Å². The van der Waals surface area contributed by atoms with Crippen LogP contribution in [0.4, 0.5) is 4.39 Å². The standard InChI is InChI=1S/C19H19FN2O3/c1-22-18(25)11-16(19(22)13-5-7-14(20)8-6-13)21-17(24)10-12-3-2-4-15(23)9-12/h2-9,16,19,23H,10-11H2,1H3,(H,21,24)/t16-,19-/m0/s1. The topological polar surface area (TPSA) is 69.6 Å². The van der Waals surface area contributed by atoms with E-state index >= 15 is 0 Å². The number of amides is 2. The van der Waals surface area contributed by atoms with Gasteiger partial charge in [0, 0.05) is 13.5 Å². The van der Waals surface area contributed by atoms with Gasteiger partial charge in [-0.1, -0.05) is 24.3 Å². The summed E-state index contributed by atoms with van der Waals surface area (Å²) >= 11 is 0. The molecule has 1 aliphatic rings. The third-order valence-corrected chi connectivity index (χ3v) is 4.42. The molecule has 3 rings (SSSR count). The number of hydrogen-bond donors (Lipinski definition) is 2. The highest BCUT2D eigenvalue weighted by Gasteiger charge is 2.39. The van der Waals surface area contributed by atoms with E-state index in [0.29, 0.717) is 5.56 Å². The minimum Gasteiger partial charge on any atom is -0.508 e. The highest BCUT2D eigenvalue weighted by atomic mass is 19.1. The predicted octanol–water partition coefficient (Wildman–Crippen LogP) is 2.16. The molecule has 1 aliphatic heterocycles. The average molecular weight is 342 g/mol. The summed E-state index contributed by atoms with van der Waals surface area (Å²) < 4.78 is 13.2. The van der Waals surface area contributed by atoms with Crippen molar-refractivity contribution >= 4 is 11.8 Å². The third-order valence-electron chi connectivity index (χ3n) is 4.42. The Morgan fingerprint density at radius 2 is 2.00 bits per heavy atom. The summed E-state index contributed by atoms with van der Waals surface area (Å²) in [5, 5.41) is 12.4. The van der Waals surface area contributed by atoms with Crippen LogP contribution in [0.3, 0.4) is 0 Å². The van der Waals surface area contributed by atoms with Crippen LogP contribution in [0.5, 0.6) is 5.75 Å². The van der Waals surface area contributed by atoms with Crippen LogP contribution in [-0.4, -0.2) is 34.9 Å². The Bertz CT molecular complexity index is 792. The average Bonchev–Trinajstić information content (AvgIpc) is 2.82. The lowest BCUT2D eigenvalue weighted by atomic mass is 9.99. The Kier molecular flexibility index (Phi) is 4.70. The van der Waals surface area contributed by atoms with Crippen molar-refractivity contribution < 1.29 is 19.1 Å². The van der Waals surface area contributed by atoms with Crippen molar-refractivity contribution in [2.75, 3.05) is 7.05 Å². The van der Waals surface area contributed by atoms with Gasteiger partial charge in [-0.05, 0) is 35.4 Å². The highest BCUT2D eigenvalue weighted by Crippen LogP contribution is 2.32. The van der Waals surface area contributed by atoms with Crippen molar-refractivity contribution in [1.82, 2.24) is 10.2 Å². The lowest BCUT2D eigenvalue weighted by molar-refractivity contribution is -0.127. The smallest absolute Gasteiger partial charge is 0.225 e. The number of likely N-dealkylation sites (N-methyl/N-ethyl adjacent to an activating group) is 1. The van der Waals surface area contributed by atoms with Gasteiger partial charge in [0.15, 0.2) is 0 Å². The summed E-state index contributed by atoms with van der Waals surface area (Å²) in [7, 11) is 1.68. The predicted molar refractivity (Wildman–Crippen MR) is 90.3 cm³/mol. The zero-order chi connectivity index (χ0) is 18.0. The number of likely N-dealkylation sites (tertiary alicyclic amines) is 1. The maximum absolute atomic E-state index is 13.2. The highest BCUT2D eigenvalue weighted by molar-refractivity contribution is 5.84. The molecule has 6 heteroatoms. The van der Waals surface area contributed by atoms with Gasteiger partial charge in [0.2, 0.25) is 11.8 Å². The molecular weight excluding hydrogens is 323 g/mol. The Morgan fingerprint density at radius 3 is 2.68 bits per heavy atom. The molecule has 0 spiro atoms. The van der Waals surface area contributed by atoms with Crippen LogP contribution in [0, 0.1) is 5.82 Å². The van der Waals surface area contributed by atoms with Crippen molar-refractivity contribution in [2.24, 2.45) is 0 Å². The second-order valence-electron chi connectivity index (χ2n) is 6.23. The first kappa shape index (κ1) is 17.0. The number of nitrogens with zero attached hydrogens (tertiary/aromatic N) is 1. The molecule has 1 fully saturated rings. The number of carbonyl (C=O) groups is 2. The number of aromatic hydroxyl groups is 1. The molecule has 2 aromatic carbocycles. The number of rotatable bonds is 4. The van der Waals surface area contributed by atoms with E-state index in [1.165, 1.54) is 24.3 Å². The van der Waals surface area contributed by atoms with Gasteiger partial charge in [-0.2, -0.15) is 0 Å². The van der Waals surface area contributed by atoms with Gasteiger partial charge in [0.25, 0.3) is 0 Å². The molecule has 0 bridgehead atoms. The third kappa shape index (κ3) is 3.79. The number of phenols is 1. The fourth-order valence-corrected chi connectivity index (χ4v) is 3.22. The minimum atomic E-state index is -0.382. The van der Waals surface area contributed by atoms with Crippen molar-refractivity contribution in [1.29, 1.82) is 0 Å². The first-order valence-corrected chi connectivity index (χ1v) is 8.02. The fourth-order valence-electron chi connectivity index (χ4n) is 3.22. The van der Waals surface area contributed by atoms with E-state index < -0.39 is 0 Å².